The lowest BCUT2D eigenvalue weighted by atomic mass is 10.0. The normalized spacial score (nSPS) is 12.3. The fourth-order valence-electron chi connectivity index (χ4n) is 3.02. The number of nitrogens with zero attached hydrogens (tertiary/aromatic N) is 3. The van der Waals surface area contributed by atoms with E-state index in [-0.39, 0.29) is 23.2 Å². The second kappa shape index (κ2) is 7.62. The molecule has 1 amide bonds. The predicted octanol–water partition coefficient (Wildman–Crippen LogP) is 3.75. The van der Waals surface area contributed by atoms with E-state index >= 15 is 0 Å². The lowest BCUT2D eigenvalue weighted by molar-refractivity contribution is 0.0700. The summed E-state index contributed by atoms with van der Waals surface area (Å²) < 4.78 is 14.0. The van der Waals surface area contributed by atoms with Gasteiger partial charge in [-0.25, -0.2) is 9.37 Å². The zero-order valence-electron chi connectivity index (χ0n) is 15.2. The summed E-state index contributed by atoms with van der Waals surface area (Å²) in [5, 5.41) is 0.678. The zero-order valence-corrected chi connectivity index (χ0v) is 15.2. The van der Waals surface area contributed by atoms with Crippen LogP contribution in [0.25, 0.3) is 10.9 Å². The van der Waals surface area contributed by atoms with Crippen molar-refractivity contribution in [3.63, 3.8) is 0 Å². The molecule has 1 heterocycles. The van der Waals surface area contributed by atoms with E-state index in [1.54, 1.807) is 36.2 Å². The minimum atomic E-state index is -0.423. The molecule has 5 heteroatoms. The van der Waals surface area contributed by atoms with Gasteiger partial charge in [0.2, 0.25) is 0 Å². The van der Waals surface area contributed by atoms with Gasteiger partial charge in [0.15, 0.2) is 0 Å². The molecule has 0 aliphatic carbocycles. The molecule has 1 unspecified atom stereocenters. The van der Waals surface area contributed by atoms with Crippen LogP contribution in [-0.2, 0) is 0 Å². The smallest absolute Gasteiger partial charge is 0.272 e. The maximum Gasteiger partial charge on any atom is 0.272 e. The van der Waals surface area contributed by atoms with Crippen molar-refractivity contribution >= 4 is 16.8 Å². The van der Waals surface area contributed by atoms with E-state index in [0.717, 1.165) is 5.56 Å². The Labute approximate surface area is 152 Å². The summed E-state index contributed by atoms with van der Waals surface area (Å²) in [6.45, 7) is 0.675. The Bertz CT molecular complexity index is 912. The molecular formula is C21H22FN3O. The third-order valence-corrected chi connectivity index (χ3v) is 4.40. The number of benzene rings is 2. The maximum absolute atomic E-state index is 14.0. The van der Waals surface area contributed by atoms with E-state index in [2.05, 4.69) is 4.98 Å². The van der Waals surface area contributed by atoms with E-state index in [1.165, 1.54) is 6.07 Å². The second-order valence-electron chi connectivity index (χ2n) is 6.61. The van der Waals surface area contributed by atoms with Gasteiger partial charge in [0.1, 0.15) is 17.0 Å². The van der Waals surface area contributed by atoms with Gasteiger partial charge in [-0.1, -0.05) is 48.5 Å². The van der Waals surface area contributed by atoms with Crippen LogP contribution in [0.5, 0.6) is 0 Å². The van der Waals surface area contributed by atoms with Crippen LogP contribution in [0.15, 0.2) is 60.7 Å². The summed E-state index contributed by atoms with van der Waals surface area (Å²) in [6.07, 6.45) is 0. The number of para-hydroxylation sites is 1. The lowest BCUT2D eigenvalue weighted by Crippen LogP contribution is -2.37. The topological polar surface area (TPSA) is 36.4 Å². The van der Waals surface area contributed by atoms with Gasteiger partial charge in [0.25, 0.3) is 5.91 Å². The first kappa shape index (κ1) is 18.0. The van der Waals surface area contributed by atoms with Gasteiger partial charge in [-0.05, 0) is 31.8 Å². The third-order valence-electron chi connectivity index (χ3n) is 4.40. The molecule has 0 radical (unpaired) electrons. The Morgan fingerprint density at radius 1 is 1.00 bits per heavy atom. The van der Waals surface area contributed by atoms with Crippen molar-refractivity contribution in [1.29, 1.82) is 0 Å². The summed E-state index contributed by atoms with van der Waals surface area (Å²) in [6, 6.07) is 17.9. The molecule has 3 rings (SSSR count). The van der Waals surface area contributed by atoms with Gasteiger partial charge >= 0.3 is 0 Å². The number of pyridine rings is 1. The number of fused-ring (bicyclic) bond motifs is 1. The third kappa shape index (κ3) is 3.73. The highest BCUT2D eigenvalue weighted by molar-refractivity contribution is 5.95. The quantitative estimate of drug-likeness (QED) is 0.702. The van der Waals surface area contributed by atoms with Gasteiger partial charge < -0.3 is 9.80 Å². The molecule has 0 saturated heterocycles. The Kier molecular flexibility index (Phi) is 5.28. The number of rotatable bonds is 5. The van der Waals surface area contributed by atoms with Crippen LogP contribution in [0.1, 0.15) is 22.1 Å². The standard InChI is InChI=1S/C21H22FN3O/c1-24(2)14-19(15-8-5-4-6-9-15)25(3)21(26)18-13-12-16-10-7-11-17(22)20(16)23-18/h4-13,19H,14H2,1-3H3. The molecular weight excluding hydrogens is 329 g/mol. The zero-order chi connectivity index (χ0) is 18.7. The van der Waals surface area contributed by atoms with Gasteiger partial charge in [-0.2, -0.15) is 0 Å². The minimum Gasteiger partial charge on any atom is -0.332 e. The average Bonchev–Trinajstić information content (AvgIpc) is 2.65. The van der Waals surface area contributed by atoms with Crippen molar-refractivity contribution < 1.29 is 9.18 Å². The van der Waals surface area contributed by atoms with E-state index in [4.69, 9.17) is 0 Å². The van der Waals surface area contributed by atoms with E-state index in [9.17, 15) is 9.18 Å². The van der Waals surface area contributed by atoms with Crippen molar-refractivity contribution in [1.82, 2.24) is 14.8 Å². The maximum atomic E-state index is 14.0. The molecule has 0 aliphatic heterocycles. The molecule has 0 N–H and O–H groups in total. The molecule has 0 aliphatic rings. The van der Waals surface area contributed by atoms with Crippen molar-refractivity contribution in [3.05, 3.63) is 77.7 Å². The van der Waals surface area contributed by atoms with Crippen LogP contribution in [0.2, 0.25) is 0 Å². The Morgan fingerprint density at radius 2 is 1.73 bits per heavy atom. The van der Waals surface area contributed by atoms with Crippen LogP contribution in [0, 0.1) is 5.82 Å². The number of carbonyl (C=O) groups is 1. The fraction of sp³-hybridized carbons (Fsp3) is 0.238. The molecule has 4 nitrogen and oxygen atoms in total. The molecule has 134 valence electrons. The minimum absolute atomic E-state index is 0.128. The van der Waals surface area contributed by atoms with Crippen molar-refractivity contribution in [2.24, 2.45) is 0 Å². The first-order valence-electron chi connectivity index (χ1n) is 8.49. The first-order chi connectivity index (χ1) is 12.5. The van der Waals surface area contributed by atoms with Crippen molar-refractivity contribution in [3.8, 4) is 0 Å². The molecule has 3 aromatic rings. The molecule has 1 atom stereocenters. The number of hydrogen-bond donors (Lipinski definition) is 0. The monoisotopic (exact) mass is 351 g/mol. The molecule has 0 bridgehead atoms. The average molecular weight is 351 g/mol. The number of aromatic nitrogens is 1. The summed E-state index contributed by atoms with van der Waals surface area (Å²) >= 11 is 0. The highest BCUT2D eigenvalue weighted by Gasteiger charge is 2.24. The van der Waals surface area contributed by atoms with Gasteiger partial charge in [-0.15, -0.1) is 0 Å². The molecule has 0 spiro atoms. The van der Waals surface area contributed by atoms with E-state index in [0.29, 0.717) is 11.9 Å². The molecule has 0 fully saturated rings. The van der Waals surface area contributed by atoms with Gasteiger partial charge in [0.05, 0.1) is 6.04 Å². The molecule has 26 heavy (non-hydrogen) atoms. The largest absolute Gasteiger partial charge is 0.332 e. The number of likely N-dealkylation sites (N-methyl/N-ethyl adjacent to an activating group) is 2. The summed E-state index contributed by atoms with van der Waals surface area (Å²) in [7, 11) is 5.70. The second-order valence-corrected chi connectivity index (χ2v) is 6.61. The van der Waals surface area contributed by atoms with E-state index in [1.807, 2.05) is 49.3 Å². The van der Waals surface area contributed by atoms with Gasteiger partial charge in [-0.3, -0.25) is 4.79 Å². The van der Waals surface area contributed by atoms with Crippen LogP contribution in [0.4, 0.5) is 4.39 Å². The van der Waals surface area contributed by atoms with Crippen LogP contribution in [0.3, 0.4) is 0 Å². The van der Waals surface area contributed by atoms with Crippen LogP contribution < -0.4 is 0 Å². The highest BCUT2D eigenvalue weighted by atomic mass is 19.1. The van der Waals surface area contributed by atoms with Crippen molar-refractivity contribution in [2.45, 2.75) is 6.04 Å². The molecule has 0 saturated carbocycles. The first-order valence-corrected chi connectivity index (χ1v) is 8.49. The number of halogens is 1. The summed E-state index contributed by atoms with van der Waals surface area (Å²) in [5.41, 5.74) is 1.50. The highest BCUT2D eigenvalue weighted by Crippen LogP contribution is 2.23. The predicted molar refractivity (Wildman–Crippen MR) is 102 cm³/mol. The van der Waals surface area contributed by atoms with Gasteiger partial charge in [0, 0.05) is 19.0 Å². The van der Waals surface area contributed by atoms with Crippen molar-refractivity contribution in [2.75, 3.05) is 27.7 Å². The number of carbonyl (C=O) groups excluding carboxylic acids is 1. The number of hydrogen-bond acceptors (Lipinski definition) is 3. The summed E-state index contributed by atoms with van der Waals surface area (Å²) in [5.74, 6) is -0.654. The lowest BCUT2D eigenvalue weighted by Gasteiger charge is -2.30. The molecule has 2 aromatic carbocycles. The number of amides is 1. The summed E-state index contributed by atoms with van der Waals surface area (Å²) in [4.78, 5) is 21.0. The Balaban J connectivity index is 1.95. The van der Waals surface area contributed by atoms with E-state index < -0.39 is 5.82 Å². The Morgan fingerprint density at radius 3 is 2.42 bits per heavy atom. The van der Waals surface area contributed by atoms with Crippen LogP contribution >= 0.6 is 0 Å². The SMILES string of the molecule is CN(C)CC(c1ccccc1)N(C)C(=O)c1ccc2cccc(F)c2n1. The van der Waals surface area contributed by atoms with Crippen LogP contribution in [-0.4, -0.2) is 48.4 Å². The Hall–Kier alpha value is -2.79. The molecule has 1 aromatic heterocycles. The fourth-order valence-corrected chi connectivity index (χ4v) is 3.02.